The molecule has 9 heteroatoms. The van der Waals surface area contributed by atoms with Gasteiger partial charge in [-0.1, -0.05) is 6.92 Å². The Morgan fingerprint density at radius 3 is 2.25 bits per heavy atom. The van der Waals surface area contributed by atoms with Crippen LogP contribution in [0.3, 0.4) is 0 Å². The highest BCUT2D eigenvalue weighted by Crippen LogP contribution is 2.17. The molecule has 0 saturated carbocycles. The van der Waals surface area contributed by atoms with Gasteiger partial charge in [-0.05, 0) is 6.42 Å². The summed E-state index contributed by atoms with van der Waals surface area (Å²) in [4.78, 5) is 30.2. The van der Waals surface area contributed by atoms with Gasteiger partial charge in [-0.2, -0.15) is 9.97 Å². The van der Waals surface area contributed by atoms with Gasteiger partial charge in [-0.25, -0.2) is 9.59 Å². The van der Waals surface area contributed by atoms with E-state index in [1.807, 2.05) is 0 Å². The lowest BCUT2D eigenvalue weighted by molar-refractivity contribution is -0.139. The molecule has 0 fully saturated rings. The lowest BCUT2D eigenvalue weighted by atomic mass is 10.2. The number of methoxy groups -OCH3 is 2. The van der Waals surface area contributed by atoms with Crippen LogP contribution in [-0.4, -0.2) is 47.3 Å². The number of carboxylic acid groups (broad SMARTS) is 1. The second kappa shape index (κ2) is 7.12. The Balaban J connectivity index is 2.77. The van der Waals surface area contributed by atoms with Gasteiger partial charge in [0.25, 0.3) is 0 Å². The van der Waals surface area contributed by atoms with E-state index in [-0.39, 0.29) is 24.1 Å². The van der Waals surface area contributed by atoms with Crippen LogP contribution in [0.2, 0.25) is 0 Å². The number of carbonyl (C=O) groups excluding carboxylic acids is 1. The van der Waals surface area contributed by atoms with E-state index in [1.165, 1.54) is 20.3 Å². The number of carboxylic acids is 1. The number of aliphatic carboxylic acids is 1. The summed E-state index contributed by atoms with van der Waals surface area (Å²) >= 11 is 0. The summed E-state index contributed by atoms with van der Waals surface area (Å²) in [5, 5.41) is 13.4. The molecule has 0 unspecified atom stereocenters. The Kier molecular flexibility index (Phi) is 5.51. The van der Waals surface area contributed by atoms with Gasteiger partial charge in [0, 0.05) is 0 Å². The highest BCUT2D eigenvalue weighted by molar-refractivity contribution is 5.90. The van der Waals surface area contributed by atoms with Gasteiger partial charge in [0.1, 0.15) is 6.04 Å². The number of anilines is 1. The van der Waals surface area contributed by atoms with E-state index in [0.29, 0.717) is 0 Å². The first kappa shape index (κ1) is 15.5. The van der Waals surface area contributed by atoms with Crippen LogP contribution >= 0.6 is 0 Å². The van der Waals surface area contributed by atoms with Crippen LogP contribution in [0, 0.1) is 0 Å². The van der Waals surface area contributed by atoms with Crippen molar-refractivity contribution >= 4 is 17.9 Å². The van der Waals surface area contributed by atoms with Crippen molar-refractivity contribution < 1.29 is 24.2 Å². The maximum Gasteiger partial charge on any atom is 0.326 e. The molecule has 0 saturated heterocycles. The molecule has 0 spiro atoms. The van der Waals surface area contributed by atoms with Crippen molar-refractivity contribution in [1.82, 2.24) is 15.3 Å². The Hall–Kier alpha value is -2.58. The van der Waals surface area contributed by atoms with Crippen LogP contribution in [0.25, 0.3) is 0 Å². The van der Waals surface area contributed by atoms with Gasteiger partial charge in [0.2, 0.25) is 17.7 Å². The number of urea groups is 1. The van der Waals surface area contributed by atoms with Gasteiger partial charge in [-0.15, -0.1) is 0 Å². The third kappa shape index (κ3) is 4.26. The van der Waals surface area contributed by atoms with Gasteiger partial charge in [0.15, 0.2) is 0 Å². The number of rotatable bonds is 6. The molecule has 1 atom stereocenters. The molecule has 0 aliphatic heterocycles. The monoisotopic (exact) mass is 284 g/mol. The standard InChI is InChI=1S/C11H16N4O5/c1-4-6(9(16)17)12-11(18)15-10-13-7(19-2)5-8(14-10)20-3/h5-6H,4H2,1-3H3,(H,16,17)(H2,12,13,14,15,18)/t6-/m1/s1. The zero-order chi connectivity index (χ0) is 15.1. The minimum Gasteiger partial charge on any atom is -0.481 e. The van der Waals surface area contributed by atoms with E-state index < -0.39 is 18.0 Å². The fraction of sp³-hybridized carbons (Fsp3) is 0.455. The fourth-order valence-corrected chi connectivity index (χ4v) is 1.30. The molecule has 1 aromatic rings. The minimum atomic E-state index is -1.12. The quantitative estimate of drug-likeness (QED) is 0.694. The van der Waals surface area contributed by atoms with Gasteiger partial charge >= 0.3 is 12.0 Å². The van der Waals surface area contributed by atoms with Crippen molar-refractivity contribution in [2.24, 2.45) is 0 Å². The summed E-state index contributed by atoms with van der Waals surface area (Å²) in [5.74, 6) is -0.763. The van der Waals surface area contributed by atoms with Crippen LogP contribution in [0.1, 0.15) is 13.3 Å². The third-order valence-corrected chi connectivity index (χ3v) is 2.33. The number of carbonyl (C=O) groups is 2. The molecular formula is C11H16N4O5. The SMILES string of the molecule is CC[C@@H](NC(=O)Nc1nc(OC)cc(OC)n1)C(=O)O. The largest absolute Gasteiger partial charge is 0.481 e. The molecule has 110 valence electrons. The Morgan fingerprint density at radius 1 is 1.30 bits per heavy atom. The van der Waals surface area contributed by atoms with Crippen LogP contribution in [0.4, 0.5) is 10.7 Å². The summed E-state index contributed by atoms with van der Waals surface area (Å²) in [6.07, 6.45) is 0.255. The Morgan fingerprint density at radius 2 is 1.85 bits per heavy atom. The molecule has 1 aromatic heterocycles. The molecule has 20 heavy (non-hydrogen) atoms. The number of ether oxygens (including phenoxy) is 2. The highest BCUT2D eigenvalue weighted by atomic mass is 16.5. The summed E-state index contributed by atoms with van der Waals surface area (Å²) in [6.45, 7) is 1.64. The minimum absolute atomic E-state index is 0.0565. The number of nitrogens with zero attached hydrogens (tertiary/aromatic N) is 2. The molecule has 3 N–H and O–H groups in total. The van der Waals surface area contributed by atoms with Crippen molar-refractivity contribution in [2.45, 2.75) is 19.4 Å². The van der Waals surface area contributed by atoms with Gasteiger partial charge in [-0.3, -0.25) is 5.32 Å². The Bertz CT molecular complexity index is 471. The maximum atomic E-state index is 11.6. The number of aromatic nitrogens is 2. The second-order valence-corrected chi connectivity index (χ2v) is 3.67. The average molecular weight is 284 g/mol. The topological polar surface area (TPSA) is 123 Å². The van der Waals surface area contributed by atoms with Crippen LogP contribution in [-0.2, 0) is 4.79 Å². The molecular weight excluding hydrogens is 268 g/mol. The predicted octanol–water partition coefficient (Wildman–Crippen LogP) is 0.478. The third-order valence-electron chi connectivity index (χ3n) is 2.33. The van der Waals surface area contributed by atoms with Crippen LogP contribution in [0.15, 0.2) is 6.07 Å². The molecule has 0 bridgehead atoms. The lowest BCUT2D eigenvalue weighted by Gasteiger charge is -2.13. The normalized spacial score (nSPS) is 11.3. The van der Waals surface area contributed by atoms with E-state index in [9.17, 15) is 9.59 Å². The van der Waals surface area contributed by atoms with Crippen LogP contribution < -0.4 is 20.1 Å². The zero-order valence-corrected chi connectivity index (χ0v) is 11.3. The number of amides is 2. The summed E-state index contributed by atoms with van der Waals surface area (Å²) in [5.41, 5.74) is 0. The Labute approximate surface area is 115 Å². The zero-order valence-electron chi connectivity index (χ0n) is 11.3. The van der Waals surface area contributed by atoms with E-state index in [0.717, 1.165) is 0 Å². The fourth-order valence-electron chi connectivity index (χ4n) is 1.30. The van der Waals surface area contributed by atoms with E-state index >= 15 is 0 Å². The summed E-state index contributed by atoms with van der Waals surface area (Å²) in [6, 6.07) is -0.271. The molecule has 9 nitrogen and oxygen atoms in total. The molecule has 1 heterocycles. The molecule has 1 rings (SSSR count). The van der Waals surface area contributed by atoms with E-state index in [4.69, 9.17) is 14.6 Å². The molecule has 0 radical (unpaired) electrons. The highest BCUT2D eigenvalue weighted by Gasteiger charge is 2.18. The first-order chi connectivity index (χ1) is 9.49. The second-order valence-electron chi connectivity index (χ2n) is 3.67. The van der Waals surface area contributed by atoms with Crippen molar-refractivity contribution in [3.63, 3.8) is 0 Å². The summed E-state index contributed by atoms with van der Waals surface area (Å²) in [7, 11) is 2.81. The first-order valence-electron chi connectivity index (χ1n) is 5.77. The van der Waals surface area contributed by atoms with Crippen molar-refractivity contribution in [3.8, 4) is 11.8 Å². The molecule has 0 aliphatic rings. The van der Waals surface area contributed by atoms with E-state index in [2.05, 4.69) is 20.6 Å². The van der Waals surface area contributed by atoms with Crippen LogP contribution in [0.5, 0.6) is 11.8 Å². The van der Waals surface area contributed by atoms with Crippen molar-refractivity contribution in [2.75, 3.05) is 19.5 Å². The molecule has 0 aromatic carbocycles. The maximum absolute atomic E-state index is 11.6. The molecule has 0 aliphatic carbocycles. The molecule has 2 amide bonds. The van der Waals surface area contributed by atoms with Crippen molar-refractivity contribution in [3.05, 3.63) is 6.07 Å². The first-order valence-corrected chi connectivity index (χ1v) is 5.77. The van der Waals surface area contributed by atoms with Crippen molar-refractivity contribution in [1.29, 1.82) is 0 Å². The summed E-state index contributed by atoms with van der Waals surface area (Å²) < 4.78 is 9.84. The smallest absolute Gasteiger partial charge is 0.326 e. The predicted molar refractivity (Wildman–Crippen MR) is 69.0 cm³/mol. The number of hydrogen-bond donors (Lipinski definition) is 3. The van der Waals surface area contributed by atoms with Gasteiger partial charge < -0.3 is 19.9 Å². The number of nitrogens with one attached hydrogen (secondary N) is 2. The van der Waals surface area contributed by atoms with E-state index in [1.54, 1.807) is 6.92 Å². The van der Waals surface area contributed by atoms with Gasteiger partial charge in [0.05, 0.1) is 20.3 Å². The lowest BCUT2D eigenvalue weighted by Crippen LogP contribution is -2.42. The number of hydrogen-bond acceptors (Lipinski definition) is 6. The average Bonchev–Trinajstić information content (AvgIpc) is 2.43.